The van der Waals surface area contributed by atoms with Crippen LogP contribution < -0.4 is 10.1 Å². The summed E-state index contributed by atoms with van der Waals surface area (Å²) in [4.78, 5) is 11.8. The van der Waals surface area contributed by atoms with Gasteiger partial charge in [0.2, 0.25) is 0 Å². The van der Waals surface area contributed by atoms with Gasteiger partial charge >= 0.3 is 145 Å². The molecule has 0 aromatic heterocycles. The van der Waals surface area contributed by atoms with Crippen molar-refractivity contribution in [2.45, 2.75) is 46.3 Å². The first kappa shape index (κ1) is 19.4. The Morgan fingerprint density at radius 3 is 2.45 bits per heavy atom. The Bertz CT molecular complexity index is 564. The van der Waals surface area contributed by atoms with Crippen LogP contribution in [0.3, 0.4) is 0 Å². The molecule has 1 aromatic carbocycles. The Morgan fingerprint density at radius 1 is 1.32 bits per heavy atom. The third-order valence-electron chi connectivity index (χ3n) is 2.20. The van der Waals surface area contributed by atoms with Crippen LogP contribution in [0.4, 0.5) is 10.5 Å². The molecule has 0 saturated carbocycles. The van der Waals surface area contributed by atoms with E-state index in [0.717, 1.165) is 5.56 Å². The van der Waals surface area contributed by atoms with Crippen molar-refractivity contribution in [3.63, 3.8) is 0 Å². The van der Waals surface area contributed by atoms with E-state index in [4.69, 9.17) is 28.9 Å². The number of hydrogen-bond donors (Lipinski definition) is 1. The first-order chi connectivity index (χ1) is 10.1. The quantitative estimate of drug-likeness (QED) is 0.685. The molecule has 1 rings (SSSR count). The zero-order chi connectivity index (χ0) is 16.9. The van der Waals surface area contributed by atoms with Crippen molar-refractivity contribution >= 4 is 35.8 Å². The van der Waals surface area contributed by atoms with Crippen LogP contribution in [0, 0.1) is 0 Å². The van der Waals surface area contributed by atoms with Gasteiger partial charge in [-0.3, -0.25) is 0 Å². The van der Waals surface area contributed by atoms with E-state index in [1.807, 2.05) is 34.6 Å². The summed E-state index contributed by atoms with van der Waals surface area (Å²) < 4.78 is 12.7. The summed E-state index contributed by atoms with van der Waals surface area (Å²) in [6.07, 6.45) is -0.481. The fourth-order valence-electron chi connectivity index (χ4n) is 1.57. The van der Waals surface area contributed by atoms with Crippen molar-refractivity contribution in [3.05, 3.63) is 23.8 Å². The van der Waals surface area contributed by atoms with Crippen LogP contribution in [-0.2, 0) is 18.3 Å². The van der Waals surface area contributed by atoms with Gasteiger partial charge in [-0.25, -0.2) is 0 Å². The van der Waals surface area contributed by atoms with E-state index in [1.165, 1.54) is 0 Å². The van der Waals surface area contributed by atoms with Gasteiger partial charge in [-0.15, -0.1) is 0 Å². The Balaban J connectivity index is 2.99. The molecule has 0 bridgehead atoms. The third-order valence-corrected chi connectivity index (χ3v) is 4.04. The Kier molecular flexibility index (Phi) is 7.31. The van der Waals surface area contributed by atoms with Gasteiger partial charge in [0.25, 0.3) is 0 Å². The van der Waals surface area contributed by atoms with Gasteiger partial charge < -0.3 is 0 Å². The molecule has 1 aromatic rings. The van der Waals surface area contributed by atoms with Crippen LogP contribution >= 0.6 is 19.4 Å². The van der Waals surface area contributed by atoms with Crippen molar-refractivity contribution < 1.29 is 27.8 Å². The number of carbonyl (C=O) groups excluding carboxylic acids is 1. The third kappa shape index (κ3) is 7.57. The molecule has 1 N–H and O–H groups in total. The predicted octanol–water partition coefficient (Wildman–Crippen LogP) is 4.90. The molecular weight excluding hydrogens is 414 g/mol. The van der Waals surface area contributed by atoms with Gasteiger partial charge in [0.15, 0.2) is 0 Å². The SMILES string of the molecule is CC(C)Oc1ccc(NC(=O)OC(C)(C)C)cc1[CH]=[Ru]([Cl])[Cl]. The van der Waals surface area contributed by atoms with Crippen molar-refractivity contribution in [2.75, 3.05) is 5.32 Å². The molecule has 22 heavy (non-hydrogen) atoms. The molecule has 0 fully saturated rings. The number of anilines is 1. The topological polar surface area (TPSA) is 47.6 Å². The molecule has 126 valence electrons. The molecule has 0 aliphatic rings. The number of nitrogens with one attached hydrogen (secondary N) is 1. The molecular formula is C15H21Cl2NO3Ru. The van der Waals surface area contributed by atoms with Crippen LogP contribution in [0.15, 0.2) is 18.2 Å². The average Bonchev–Trinajstić information content (AvgIpc) is 2.28. The second-order valence-electron chi connectivity index (χ2n) is 5.85. The van der Waals surface area contributed by atoms with Gasteiger partial charge in [0.1, 0.15) is 0 Å². The number of benzene rings is 1. The first-order valence-corrected chi connectivity index (χ1v) is 12.2. The summed E-state index contributed by atoms with van der Waals surface area (Å²) in [6, 6.07) is 5.30. The monoisotopic (exact) mass is 435 g/mol. The standard InChI is InChI=1S/C15H21NO3.2ClH.Ru/c1-10(2)18-13-8-7-12(9-11(13)3)16-14(17)19-15(4,5)6;;;/h3,7-10H,1-2,4-6H3,(H,16,17);2*1H;/q;;;+2/p-2. The van der Waals surface area contributed by atoms with Crippen LogP contribution in [0.1, 0.15) is 40.2 Å². The van der Waals surface area contributed by atoms with Crippen LogP contribution in [0.5, 0.6) is 5.75 Å². The fraction of sp³-hybridized carbons (Fsp3) is 0.467. The average molecular weight is 435 g/mol. The van der Waals surface area contributed by atoms with Crippen LogP contribution in [0.25, 0.3) is 0 Å². The van der Waals surface area contributed by atoms with Crippen molar-refractivity contribution in [1.82, 2.24) is 0 Å². The summed E-state index contributed by atoms with van der Waals surface area (Å²) >= 11 is -2.01. The maximum atomic E-state index is 11.8. The van der Waals surface area contributed by atoms with E-state index >= 15 is 0 Å². The Morgan fingerprint density at radius 2 is 1.95 bits per heavy atom. The number of ether oxygens (including phenoxy) is 2. The van der Waals surface area contributed by atoms with Crippen molar-refractivity contribution in [1.29, 1.82) is 0 Å². The Hall–Kier alpha value is -0.637. The molecule has 0 radical (unpaired) electrons. The molecule has 0 atom stereocenters. The predicted molar refractivity (Wildman–Crippen MR) is 88.9 cm³/mol. The maximum absolute atomic E-state index is 11.8. The molecule has 7 heteroatoms. The van der Waals surface area contributed by atoms with E-state index in [-0.39, 0.29) is 6.10 Å². The normalized spacial score (nSPS) is 11.9. The van der Waals surface area contributed by atoms with Crippen LogP contribution in [0.2, 0.25) is 0 Å². The van der Waals surface area contributed by atoms with Crippen molar-refractivity contribution in [3.8, 4) is 5.75 Å². The number of rotatable bonds is 4. The van der Waals surface area contributed by atoms with Crippen molar-refractivity contribution in [2.24, 2.45) is 0 Å². The molecule has 0 aliphatic carbocycles. The second-order valence-corrected chi connectivity index (χ2v) is 11.6. The number of amides is 1. The Labute approximate surface area is 144 Å². The van der Waals surface area contributed by atoms with E-state index < -0.39 is 25.2 Å². The molecule has 1 amide bonds. The fourth-order valence-corrected chi connectivity index (χ4v) is 3.36. The summed E-state index contributed by atoms with van der Waals surface area (Å²) in [5.41, 5.74) is 0.816. The summed E-state index contributed by atoms with van der Waals surface area (Å²) in [6.45, 7) is 9.30. The zero-order valence-corrected chi connectivity index (χ0v) is 16.5. The summed E-state index contributed by atoms with van der Waals surface area (Å²) in [7, 11) is 11.9. The minimum atomic E-state index is -2.01. The molecule has 0 aliphatic heterocycles. The van der Waals surface area contributed by atoms with Gasteiger partial charge in [-0.05, 0) is 0 Å². The summed E-state index contributed by atoms with van der Waals surface area (Å²) in [5.74, 6) is 0.685. The molecule has 0 unspecified atom stereocenters. The van der Waals surface area contributed by atoms with E-state index in [1.54, 1.807) is 22.8 Å². The van der Waals surface area contributed by atoms with Gasteiger partial charge in [0.05, 0.1) is 0 Å². The van der Waals surface area contributed by atoms with Gasteiger partial charge in [-0.1, -0.05) is 0 Å². The minimum absolute atomic E-state index is 0.0307. The first-order valence-electron chi connectivity index (χ1n) is 6.70. The second kappa shape index (κ2) is 8.28. The zero-order valence-electron chi connectivity index (χ0n) is 13.2. The van der Waals surface area contributed by atoms with Gasteiger partial charge in [-0.2, -0.15) is 0 Å². The molecule has 4 nitrogen and oxygen atoms in total. The molecule has 0 heterocycles. The summed E-state index contributed by atoms with van der Waals surface area (Å²) in [5, 5.41) is 2.69. The van der Waals surface area contributed by atoms with E-state index in [9.17, 15) is 4.79 Å². The molecule has 0 spiro atoms. The van der Waals surface area contributed by atoms with E-state index in [0.29, 0.717) is 11.4 Å². The van der Waals surface area contributed by atoms with Gasteiger partial charge in [0, 0.05) is 0 Å². The number of hydrogen-bond acceptors (Lipinski definition) is 3. The molecule has 0 saturated heterocycles. The number of halogens is 2. The number of carbonyl (C=O) groups is 1. The van der Waals surface area contributed by atoms with Crippen LogP contribution in [-0.4, -0.2) is 22.4 Å². The van der Waals surface area contributed by atoms with E-state index in [2.05, 4.69) is 5.32 Å².